The molecule has 0 saturated carbocycles. The minimum Gasteiger partial charge on any atom is -0.384 e. The van der Waals surface area contributed by atoms with E-state index < -0.39 is 14.4 Å². The fraction of sp³-hybridized carbons (Fsp3) is 1.00. The van der Waals surface area contributed by atoms with Gasteiger partial charge in [0.2, 0.25) is 0 Å². The highest BCUT2D eigenvalue weighted by Gasteiger charge is 2.44. The second-order valence-corrected chi connectivity index (χ2v) is 5.99. The molecule has 0 rings (SSSR count). The Labute approximate surface area is 87.7 Å². The smallest absolute Gasteiger partial charge is 0.352 e. The Balaban J connectivity index is 4.06. The predicted molar refractivity (Wildman–Crippen MR) is 53.1 cm³/mol. The van der Waals surface area contributed by atoms with Crippen molar-refractivity contribution in [3.05, 3.63) is 10.1 Å². The summed E-state index contributed by atoms with van der Waals surface area (Å²) in [5, 5.41) is 19.7. The first-order valence-electron chi connectivity index (χ1n) is 3.63. The van der Waals surface area contributed by atoms with Crippen molar-refractivity contribution in [2.75, 3.05) is 0 Å². The zero-order valence-electron chi connectivity index (χ0n) is 6.67. The topological polar surface area (TPSA) is 63.4 Å². The van der Waals surface area contributed by atoms with Gasteiger partial charge in [0.15, 0.2) is 0 Å². The molecule has 1 unspecified atom stereocenters. The van der Waals surface area contributed by atoms with Crippen LogP contribution in [0.5, 0.6) is 0 Å². The van der Waals surface area contributed by atoms with Crippen molar-refractivity contribution in [2.24, 2.45) is 0 Å². The van der Waals surface area contributed by atoms with Crippen LogP contribution in [0.3, 0.4) is 0 Å². The van der Waals surface area contributed by atoms with Crippen LogP contribution in [0.1, 0.15) is 26.2 Å². The highest BCUT2D eigenvalue weighted by atomic mass is 79.9. The molecule has 0 heterocycles. The van der Waals surface area contributed by atoms with Gasteiger partial charge in [-0.15, -0.1) is 0 Å². The summed E-state index contributed by atoms with van der Waals surface area (Å²) in [5.41, 5.74) is 0. The molecule has 12 heavy (non-hydrogen) atoms. The molecule has 0 radical (unpaired) electrons. The summed E-state index contributed by atoms with van der Waals surface area (Å²) in [6.07, 6.45) is 1.08. The lowest BCUT2D eigenvalue weighted by atomic mass is 10.2. The summed E-state index contributed by atoms with van der Waals surface area (Å²) in [5.74, 6) is 0. The van der Waals surface area contributed by atoms with Gasteiger partial charge in [0, 0.05) is 31.9 Å². The highest BCUT2D eigenvalue weighted by Crippen LogP contribution is 2.32. The van der Waals surface area contributed by atoms with Crippen molar-refractivity contribution in [2.45, 2.75) is 35.6 Å². The van der Waals surface area contributed by atoms with E-state index in [1.165, 1.54) is 0 Å². The molecule has 0 aromatic heterocycles. The highest BCUT2D eigenvalue weighted by molar-refractivity contribution is 9.25. The first kappa shape index (κ1) is 12.3. The van der Waals surface area contributed by atoms with E-state index in [0.717, 1.165) is 12.8 Å². The maximum atomic E-state index is 10.4. The first-order valence-corrected chi connectivity index (χ1v) is 5.21. The van der Waals surface area contributed by atoms with Crippen LogP contribution in [0, 0.1) is 10.1 Å². The molecule has 0 amide bonds. The van der Waals surface area contributed by atoms with Gasteiger partial charge in [0.05, 0.1) is 4.92 Å². The summed E-state index contributed by atoms with van der Waals surface area (Å²) in [4.78, 5) is 9.79. The number of hydrogen-bond acceptors (Lipinski definition) is 3. The summed E-state index contributed by atoms with van der Waals surface area (Å²) in [6, 6.07) is 0. The summed E-state index contributed by atoms with van der Waals surface area (Å²) in [6.45, 7) is 1.96. The van der Waals surface area contributed by atoms with Crippen LogP contribution in [-0.4, -0.2) is 19.5 Å². The molecule has 0 fully saturated rings. The normalized spacial score (nSPS) is 14.3. The van der Waals surface area contributed by atoms with Crippen LogP contribution in [0.25, 0.3) is 0 Å². The van der Waals surface area contributed by atoms with Gasteiger partial charge >= 0.3 is 3.36 Å². The number of rotatable bonds is 5. The van der Waals surface area contributed by atoms with Crippen LogP contribution < -0.4 is 0 Å². The largest absolute Gasteiger partial charge is 0.384 e. The average Bonchev–Trinajstić information content (AvgIpc) is 1.99. The van der Waals surface area contributed by atoms with Crippen molar-refractivity contribution in [3.63, 3.8) is 0 Å². The van der Waals surface area contributed by atoms with Crippen LogP contribution in [-0.2, 0) is 0 Å². The molecule has 0 spiro atoms. The minimum atomic E-state index is -1.59. The second kappa shape index (κ2) is 5.14. The molecule has 6 heteroatoms. The van der Waals surface area contributed by atoms with E-state index >= 15 is 0 Å². The van der Waals surface area contributed by atoms with E-state index in [4.69, 9.17) is 0 Å². The predicted octanol–water partition coefficient (Wildman–Crippen LogP) is 2.26. The van der Waals surface area contributed by atoms with Crippen molar-refractivity contribution < 1.29 is 10.0 Å². The number of unbranched alkanes of at least 4 members (excludes halogenated alkanes) is 1. The van der Waals surface area contributed by atoms with E-state index in [1.807, 2.05) is 6.92 Å². The molecule has 0 aliphatic carbocycles. The van der Waals surface area contributed by atoms with Gasteiger partial charge in [-0.1, -0.05) is 19.8 Å². The molecule has 1 N–H and O–H groups in total. The molecule has 0 saturated heterocycles. The van der Waals surface area contributed by atoms with Crippen molar-refractivity contribution in [1.82, 2.24) is 0 Å². The molecular formula is C6H11Br2NO3. The number of halogens is 2. The van der Waals surface area contributed by atoms with Gasteiger partial charge in [0.1, 0.15) is 6.10 Å². The number of aliphatic hydroxyl groups is 1. The maximum absolute atomic E-state index is 10.4. The van der Waals surface area contributed by atoms with Crippen molar-refractivity contribution in [1.29, 1.82) is 0 Å². The van der Waals surface area contributed by atoms with Gasteiger partial charge in [0.25, 0.3) is 0 Å². The number of nitrogens with zero attached hydrogens (tertiary/aromatic N) is 1. The molecular weight excluding hydrogens is 294 g/mol. The lowest BCUT2D eigenvalue weighted by Crippen LogP contribution is -2.37. The summed E-state index contributed by atoms with van der Waals surface area (Å²) in [7, 11) is 0. The standard InChI is InChI=1S/C6H11Br2NO3/c1-2-3-4-5(10)6(7,8)9(11)12/h5,10H,2-4H2,1H3. The molecule has 4 nitrogen and oxygen atoms in total. The molecule has 1 atom stereocenters. The van der Waals surface area contributed by atoms with Crippen LogP contribution in [0.4, 0.5) is 0 Å². The van der Waals surface area contributed by atoms with Gasteiger partial charge in [-0.05, 0) is 6.42 Å². The Bertz CT molecular complexity index is 163. The lowest BCUT2D eigenvalue weighted by Gasteiger charge is -2.17. The Hall–Kier alpha value is 0.320. The quantitative estimate of drug-likeness (QED) is 0.367. The van der Waals surface area contributed by atoms with Crippen LogP contribution >= 0.6 is 31.9 Å². The van der Waals surface area contributed by atoms with Crippen LogP contribution in [0.2, 0.25) is 0 Å². The zero-order valence-corrected chi connectivity index (χ0v) is 9.84. The minimum absolute atomic E-state index is 0.411. The molecule has 0 aliphatic heterocycles. The summed E-state index contributed by atoms with van der Waals surface area (Å²) < 4.78 is -1.59. The third-order valence-electron chi connectivity index (χ3n) is 1.48. The van der Waals surface area contributed by atoms with Crippen molar-refractivity contribution >= 4 is 31.9 Å². The number of nitro groups is 1. The Morgan fingerprint density at radius 3 is 2.50 bits per heavy atom. The number of aliphatic hydroxyl groups excluding tert-OH is 1. The Morgan fingerprint density at radius 2 is 2.17 bits per heavy atom. The van der Waals surface area contributed by atoms with Gasteiger partial charge in [-0.25, -0.2) is 0 Å². The Kier molecular flexibility index (Phi) is 5.27. The summed E-state index contributed by atoms with van der Waals surface area (Å²) >= 11 is 5.62. The van der Waals surface area contributed by atoms with Gasteiger partial charge in [-0.3, -0.25) is 10.1 Å². The third kappa shape index (κ3) is 3.37. The second-order valence-electron chi connectivity index (χ2n) is 2.50. The average molecular weight is 305 g/mol. The van der Waals surface area contributed by atoms with E-state index in [0.29, 0.717) is 6.42 Å². The maximum Gasteiger partial charge on any atom is 0.352 e. The molecule has 0 aromatic carbocycles. The molecule has 72 valence electrons. The van der Waals surface area contributed by atoms with Crippen molar-refractivity contribution in [3.8, 4) is 0 Å². The van der Waals surface area contributed by atoms with E-state index in [1.54, 1.807) is 0 Å². The third-order valence-corrected chi connectivity index (χ3v) is 3.11. The monoisotopic (exact) mass is 303 g/mol. The Morgan fingerprint density at radius 1 is 1.67 bits per heavy atom. The van der Waals surface area contributed by atoms with Crippen LogP contribution in [0.15, 0.2) is 0 Å². The SMILES string of the molecule is CCCCC(O)C(Br)(Br)[N+](=O)[O-]. The van der Waals surface area contributed by atoms with Gasteiger partial charge < -0.3 is 5.11 Å². The fourth-order valence-electron chi connectivity index (χ4n) is 0.693. The number of alkyl halides is 2. The molecule has 0 aliphatic rings. The first-order chi connectivity index (χ1) is 5.42. The number of hydrogen-bond donors (Lipinski definition) is 1. The lowest BCUT2D eigenvalue weighted by molar-refractivity contribution is -0.515. The van der Waals surface area contributed by atoms with Gasteiger partial charge in [-0.2, -0.15) is 0 Å². The molecule has 0 bridgehead atoms. The van der Waals surface area contributed by atoms with E-state index in [-0.39, 0.29) is 0 Å². The van der Waals surface area contributed by atoms with E-state index in [2.05, 4.69) is 31.9 Å². The molecule has 0 aromatic rings. The van der Waals surface area contributed by atoms with E-state index in [9.17, 15) is 15.2 Å². The zero-order chi connectivity index (χ0) is 9.78. The fourth-order valence-corrected chi connectivity index (χ4v) is 1.15.